The number of thioether (sulfide) groups is 1. The zero-order chi connectivity index (χ0) is 16.2. The molecule has 0 bridgehead atoms. The molecule has 0 spiro atoms. The fourth-order valence-electron chi connectivity index (χ4n) is 2.26. The van der Waals surface area contributed by atoms with Gasteiger partial charge in [0.25, 0.3) is 0 Å². The van der Waals surface area contributed by atoms with E-state index in [0.717, 1.165) is 17.1 Å². The molecule has 0 N–H and O–H groups in total. The Labute approximate surface area is 136 Å². The first kappa shape index (κ1) is 17.2. The maximum atomic E-state index is 12.7. The van der Waals surface area contributed by atoms with Crippen LogP contribution in [0.2, 0.25) is 0 Å². The number of carbonyl (C=O) groups excluding carboxylic acids is 1. The Hall–Kier alpha value is -1.11. The van der Waals surface area contributed by atoms with Gasteiger partial charge in [-0.1, -0.05) is 30.7 Å². The summed E-state index contributed by atoms with van der Waals surface area (Å²) >= 11 is 1.71. The van der Waals surface area contributed by atoms with Gasteiger partial charge < -0.3 is 0 Å². The zero-order valence-corrected chi connectivity index (χ0v) is 14.5. The lowest BCUT2D eigenvalue weighted by molar-refractivity contribution is -0.116. The van der Waals surface area contributed by atoms with Crippen LogP contribution >= 0.6 is 11.8 Å². The molecule has 1 aliphatic rings. The van der Waals surface area contributed by atoms with Gasteiger partial charge in [0.1, 0.15) is 0 Å². The number of rotatable bonds is 5. The van der Waals surface area contributed by atoms with E-state index in [4.69, 9.17) is 0 Å². The molecule has 1 saturated heterocycles. The molecule has 1 aromatic carbocycles. The number of aryl methyl sites for hydroxylation is 1. The molecule has 1 aromatic rings. The predicted molar refractivity (Wildman–Crippen MR) is 90.6 cm³/mol. The standard InChI is InChI=1S/C16H21NO3S2/c1-3-21-11-9-14-12-17(10-8-16(14)18)22(19,20)15-6-4-13(2)5-7-15/h4-7,9H,3,8,10-12H2,1-2H3/b14-9+. The minimum absolute atomic E-state index is 0.0621. The van der Waals surface area contributed by atoms with Gasteiger partial charge in [0.15, 0.2) is 5.78 Å². The highest BCUT2D eigenvalue weighted by Crippen LogP contribution is 2.22. The van der Waals surface area contributed by atoms with Crippen LogP contribution in [0.3, 0.4) is 0 Å². The van der Waals surface area contributed by atoms with Crippen LogP contribution in [0, 0.1) is 6.92 Å². The number of ketones is 1. The first-order valence-electron chi connectivity index (χ1n) is 7.32. The van der Waals surface area contributed by atoms with E-state index in [0.29, 0.717) is 5.57 Å². The van der Waals surface area contributed by atoms with Gasteiger partial charge in [-0.25, -0.2) is 8.42 Å². The number of nitrogens with zero attached hydrogens (tertiary/aromatic N) is 1. The van der Waals surface area contributed by atoms with Crippen LogP contribution in [-0.2, 0) is 14.8 Å². The maximum absolute atomic E-state index is 12.7. The van der Waals surface area contributed by atoms with Gasteiger partial charge in [-0.05, 0) is 24.8 Å². The van der Waals surface area contributed by atoms with E-state index in [2.05, 4.69) is 6.92 Å². The maximum Gasteiger partial charge on any atom is 0.243 e. The van der Waals surface area contributed by atoms with E-state index in [1.165, 1.54) is 4.31 Å². The number of carbonyl (C=O) groups is 1. The molecule has 4 nitrogen and oxygen atoms in total. The highest BCUT2D eigenvalue weighted by atomic mass is 32.2. The topological polar surface area (TPSA) is 54.5 Å². The third-order valence-corrected chi connectivity index (χ3v) is 6.27. The Kier molecular flexibility index (Phi) is 5.83. The molecule has 0 saturated carbocycles. The second kappa shape index (κ2) is 7.44. The van der Waals surface area contributed by atoms with Crippen LogP contribution in [-0.4, -0.2) is 43.1 Å². The van der Waals surface area contributed by atoms with Crippen LogP contribution in [0.5, 0.6) is 0 Å². The van der Waals surface area contributed by atoms with Gasteiger partial charge in [-0.15, -0.1) is 0 Å². The Balaban J connectivity index is 2.19. The molecule has 1 aliphatic heterocycles. The molecule has 2 rings (SSSR count). The SMILES string of the molecule is CCSC/C=C1\CN(S(=O)(=O)c2ccc(C)cc2)CCC1=O. The van der Waals surface area contributed by atoms with Crippen molar-refractivity contribution in [2.45, 2.75) is 25.2 Å². The molecular formula is C16H21NO3S2. The number of benzene rings is 1. The lowest BCUT2D eigenvalue weighted by Gasteiger charge is -2.27. The molecule has 1 heterocycles. The van der Waals surface area contributed by atoms with Crippen molar-refractivity contribution < 1.29 is 13.2 Å². The molecule has 0 radical (unpaired) electrons. The summed E-state index contributed by atoms with van der Waals surface area (Å²) in [6.45, 7) is 4.41. The van der Waals surface area contributed by atoms with E-state index < -0.39 is 10.0 Å². The third kappa shape index (κ3) is 4.00. The Morgan fingerprint density at radius 3 is 2.59 bits per heavy atom. The Bertz CT molecular complexity index is 663. The van der Waals surface area contributed by atoms with Crippen LogP contribution in [0.15, 0.2) is 40.8 Å². The van der Waals surface area contributed by atoms with Crippen molar-refractivity contribution in [2.75, 3.05) is 24.6 Å². The molecule has 120 valence electrons. The van der Waals surface area contributed by atoms with Gasteiger partial charge in [-0.2, -0.15) is 16.1 Å². The summed E-state index contributed by atoms with van der Waals surface area (Å²) in [6.07, 6.45) is 2.13. The predicted octanol–water partition coefficient (Wildman–Crippen LogP) is 2.64. The number of sulfonamides is 1. The minimum atomic E-state index is -3.53. The monoisotopic (exact) mass is 339 g/mol. The van der Waals surface area contributed by atoms with Crippen molar-refractivity contribution in [1.82, 2.24) is 4.31 Å². The van der Waals surface area contributed by atoms with Crippen molar-refractivity contribution in [2.24, 2.45) is 0 Å². The fourth-order valence-corrected chi connectivity index (χ4v) is 4.24. The summed E-state index contributed by atoms with van der Waals surface area (Å²) in [6, 6.07) is 6.82. The molecule has 22 heavy (non-hydrogen) atoms. The zero-order valence-electron chi connectivity index (χ0n) is 12.9. The van der Waals surface area contributed by atoms with E-state index in [-0.39, 0.29) is 30.2 Å². The molecule has 0 unspecified atom stereocenters. The fraction of sp³-hybridized carbons (Fsp3) is 0.438. The first-order valence-corrected chi connectivity index (χ1v) is 9.91. The van der Waals surface area contributed by atoms with Gasteiger partial charge in [0, 0.05) is 30.8 Å². The Morgan fingerprint density at radius 2 is 1.95 bits per heavy atom. The molecule has 0 aromatic heterocycles. The van der Waals surface area contributed by atoms with Crippen molar-refractivity contribution in [3.63, 3.8) is 0 Å². The van der Waals surface area contributed by atoms with Gasteiger partial charge in [0.2, 0.25) is 10.0 Å². The van der Waals surface area contributed by atoms with Crippen molar-refractivity contribution in [3.8, 4) is 0 Å². The minimum Gasteiger partial charge on any atom is -0.294 e. The molecular weight excluding hydrogens is 318 g/mol. The van der Waals surface area contributed by atoms with E-state index in [1.807, 2.05) is 13.0 Å². The van der Waals surface area contributed by atoms with Crippen molar-refractivity contribution >= 4 is 27.6 Å². The molecule has 0 amide bonds. The summed E-state index contributed by atoms with van der Waals surface area (Å²) in [7, 11) is -3.53. The molecule has 1 fully saturated rings. The second-order valence-electron chi connectivity index (χ2n) is 5.21. The number of Topliss-reactive ketones (excluding diaryl/α,β-unsaturated/α-hetero) is 1. The average molecular weight is 339 g/mol. The van der Waals surface area contributed by atoms with Gasteiger partial charge >= 0.3 is 0 Å². The second-order valence-corrected chi connectivity index (χ2v) is 8.47. The number of piperidine rings is 1. The smallest absolute Gasteiger partial charge is 0.243 e. The van der Waals surface area contributed by atoms with Gasteiger partial charge in [-0.3, -0.25) is 4.79 Å². The number of hydrogen-bond acceptors (Lipinski definition) is 4. The van der Waals surface area contributed by atoms with E-state index in [9.17, 15) is 13.2 Å². The molecule has 0 aliphatic carbocycles. The molecule has 6 heteroatoms. The summed E-state index contributed by atoms with van der Waals surface area (Å²) < 4.78 is 26.7. The normalized spacial score (nSPS) is 18.8. The summed E-state index contributed by atoms with van der Waals surface area (Å²) in [5.74, 6) is 1.78. The third-order valence-electron chi connectivity index (χ3n) is 3.60. The van der Waals surface area contributed by atoms with Crippen LogP contribution < -0.4 is 0 Å². The van der Waals surface area contributed by atoms with Crippen LogP contribution in [0.1, 0.15) is 18.9 Å². The highest BCUT2D eigenvalue weighted by molar-refractivity contribution is 7.99. The van der Waals surface area contributed by atoms with Crippen molar-refractivity contribution in [3.05, 3.63) is 41.5 Å². The summed E-state index contributed by atoms with van der Waals surface area (Å²) in [5, 5.41) is 0. The Morgan fingerprint density at radius 1 is 1.27 bits per heavy atom. The van der Waals surface area contributed by atoms with Crippen molar-refractivity contribution in [1.29, 1.82) is 0 Å². The van der Waals surface area contributed by atoms with E-state index in [1.54, 1.807) is 36.0 Å². The van der Waals surface area contributed by atoms with Crippen LogP contribution in [0.4, 0.5) is 0 Å². The quantitative estimate of drug-likeness (QED) is 0.611. The summed E-state index contributed by atoms with van der Waals surface area (Å²) in [4.78, 5) is 12.2. The summed E-state index contributed by atoms with van der Waals surface area (Å²) in [5.41, 5.74) is 1.63. The lowest BCUT2D eigenvalue weighted by Crippen LogP contribution is -2.40. The first-order chi connectivity index (χ1) is 10.4. The van der Waals surface area contributed by atoms with Crippen LogP contribution in [0.25, 0.3) is 0 Å². The lowest BCUT2D eigenvalue weighted by atomic mass is 10.1. The molecule has 0 atom stereocenters. The largest absolute Gasteiger partial charge is 0.294 e. The van der Waals surface area contributed by atoms with Gasteiger partial charge in [0.05, 0.1) is 4.90 Å². The number of hydrogen-bond donors (Lipinski definition) is 0. The van der Waals surface area contributed by atoms with E-state index >= 15 is 0 Å². The highest BCUT2D eigenvalue weighted by Gasteiger charge is 2.30. The average Bonchev–Trinajstić information content (AvgIpc) is 2.49.